The number of aromatic nitrogens is 1. The van der Waals surface area contributed by atoms with Crippen molar-refractivity contribution in [1.29, 1.82) is 0 Å². The zero-order chi connectivity index (χ0) is 17.6. The van der Waals surface area contributed by atoms with E-state index in [0.717, 1.165) is 13.0 Å². The highest BCUT2D eigenvalue weighted by molar-refractivity contribution is 5.90. The molecular formula is C19H20FN3O2. The molecule has 2 N–H and O–H groups in total. The number of rotatable bonds is 6. The molecule has 1 aromatic heterocycles. The Morgan fingerprint density at radius 3 is 2.88 bits per heavy atom. The molecule has 6 heteroatoms. The molecule has 0 radical (unpaired) electrons. The fourth-order valence-corrected chi connectivity index (χ4v) is 2.72. The van der Waals surface area contributed by atoms with Crippen LogP contribution in [0.3, 0.4) is 0 Å². The molecule has 0 atom stereocenters. The van der Waals surface area contributed by atoms with Crippen LogP contribution < -0.4 is 15.4 Å². The fraction of sp³-hybridized carbons (Fsp3) is 0.211. The molecule has 2 aromatic carbocycles. The first-order valence-corrected chi connectivity index (χ1v) is 8.09. The van der Waals surface area contributed by atoms with Crippen molar-refractivity contribution in [2.75, 3.05) is 19.0 Å². The molecule has 0 aliphatic rings. The van der Waals surface area contributed by atoms with Crippen molar-refractivity contribution < 1.29 is 13.9 Å². The number of halogens is 1. The minimum Gasteiger partial charge on any atom is -0.494 e. The number of nitrogens with one attached hydrogen (secondary N) is 2. The van der Waals surface area contributed by atoms with Gasteiger partial charge >= 0.3 is 6.03 Å². The predicted molar refractivity (Wildman–Crippen MR) is 96.5 cm³/mol. The second-order valence-electron chi connectivity index (χ2n) is 5.65. The average molecular weight is 341 g/mol. The number of amides is 2. The molecule has 0 saturated carbocycles. The molecule has 3 rings (SSSR count). The van der Waals surface area contributed by atoms with Crippen LogP contribution in [0.15, 0.2) is 54.7 Å². The van der Waals surface area contributed by atoms with Crippen LogP contribution in [0.4, 0.5) is 14.9 Å². The molecule has 0 spiro atoms. The number of carbonyl (C=O) groups excluding carboxylic acids is 1. The van der Waals surface area contributed by atoms with E-state index in [1.54, 1.807) is 0 Å². The Morgan fingerprint density at radius 2 is 2.04 bits per heavy atom. The summed E-state index contributed by atoms with van der Waals surface area (Å²) in [6, 6.07) is 13.9. The minimum atomic E-state index is -0.415. The lowest BCUT2D eigenvalue weighted by atomic mass is 10.2. The summed E-state index contributed by atoms with van der Waals surface area (Å²) in [6.45, 7) is 1.34. The maximum atomic E-state index is 13.2. The SMILES string of the molecule is COc1cc(F)ccc1NC(=O)NCCCn1ccc2ccccc21. The highest BCUT2D eigenvalue weighted by Gasteiger charge is 2.08. The van der Waals surface area contributed by atoms with E-state index < -0.39 is 5.82 Å². The second kappa shape index (κ2) is 7.70. The first-order valence-electron chi connectivity index (χ1n) is 8.09. The first-order chi connectivity index (χ1) is 12.2. The van der Waals surface area contributed by atoms with Gasteiger partial charge in [0.25, 0.3) is 0 Å². The van der Waals surface area contributed by atoms with Gasteiger partial charge in [-0.3, -0.25) is 0 Å². The molecule has 1 heterocycles. The average Bonchev–Trinajstić information content (AvgIpc) is 3.03. The summed E-state index contributed by atoms with van der Waals surface area (Å²) in [5.41, 5.74) is 1.61. The Kier molecular flexibility index (Phi) is 5.18. The van der Waals surface area contributed by atoms with Gasteiger partial charge in [0, 0.05) is 30.9 Å². The number of hydrogen-bond acceptors (Lipinski definition) is 2. The van der Waals surface area contributed by atoms with Gasteiger partial charge in [-0.25, -0.2) is 9.18 Å². The van der Waals surface area contributed by atoms with Crippen LogP contribution in [0.5, 0.6) is 5.75 Å². The molecule has 5 nitrogen and oxygen atoms in total. The summed E-state index contributed by atoms with van der Waals surface area (Å²) in [4.78, 5) is 12.0. The van der Waals surface area contributed by atoms with Crippen molar-refractivity contribution in [3.63, 3.8) is 0 Å². The van der Waals surface area contributed by atoms with E-state index in [-0.39, 0.29) is 11.8 Å². The number of hydrogen-bond donors (Lipinski definition) is 2. The van der Waals surface area contributed by atoms with E-state index >= 15 is 0 Å². The van der Waals surface area contributed by atoms with Crippen LogP contribution in [0, 0.1) is 5.82 Å². The van der Waals surface area contributed by atoms with E-state index in [1.165, 1.54) is 36.2 Å². The van der Waals surface area contributed by atoms with Crippen LogP contribution in [-0.2, 0) is 6.54 Å². The lowest BCUT2D eigenvalue weighted by Crippen LogP contribution is -2.30. The van der Waals surface area contributed by atoms with Gasteiger partial charge in [0.2, 0.25) is 0 Å². The van der Waals surface area contributed by atoms with Crippen LogP contribution in [0.2, 0.25) is 0 Å². The molecule has 2 amide bonds. The molecule has 130 valence electrons. The zero-order valence-electron chi connectivity index (χ0n) is 14.0. The Balaban J connectivity index is 1.48. The monoisotopic (exact) mass is 341 g/mol. The number of carbonyl (C=O) groups is 1. The smallest absolute Gasteiger partial charge is 0.319 e. The Morgan fingerprint density at radius 1 is 1.20 bits per heavy atom. The predicted octanol–water partition coefficient (Wildman–Crippen LogP) is 4.00. The van der Waals surface area contributed by atoms with Crippen LogP contribution in [0.25, 0.3) is 10.9 Å². The number of urea groups is 1. The third-order valence-corrected chi connectivity index (χ3v) is 3.95. The maximum Gasteiger partial charge on any atom is 0.319 e. The van der Waals surface area contributed by atoms with Gasteiger partial charge in [-0.1, -0.05) is 18.2 Å². The topological polar surface area (TPSA) is 55.3 Å². The molecule has 3 aromatic rings. The van der Waals surface area contributed by atoms with Gasteiger partial charge in [-0.05, 0) is 36.1 Å². The summed E-state index contributed by atoms with van der Waals surface area (Å²) in [5, 5.41) is 6.66. The van der Waals surface area contributed by atoms with E-state index in [9.17, 15) is 9.18 Å². The molecule has 25 heavy (non-hydrogen) atoms. The summed E-state index contributed by atoms with van der Waals surface area (Å²) in [7, 11) is 1.43. The first kappa shape index (κ1) is 16.8. The number of fused-ring (bicyclic) bond motifs is 1. The van der Waals surface area contributed by atoms with Crippen molar-refractivity contribution in [2.24, 2.45) is 0 Å². The highest BCUT2D eigenvalue weighted by Crippen LogP contribution is 2.24. The summed E-state index contributed by atoms with van der Waals surface area (Å²) in [5.74, 6) is -0.129. The molecule has 0 fully saturated rings. The lowest BCUT2D eigenvalue weighted by Gasteiger charge is -2.11. The molecular weight excluding hydrogens is 321 g/mol. The van der Waals surface area contributed by atoms with Crippen molar-refractivity contribution in [1.82, 2.24) is 9.88 Å². The van der Waals surface area contributed by atoms with Gasteiger partial charge < -0.3 is 19.9 Å². The number of benzene rings is 2. The number of aryl methyl sites for hydroxylation is 1. The number of nitrogens with zero attached hydrogens (tertiary/aromatic N) is 1. The van der Waals surface area contributed by atoms with Gasteiger partial charge in [-0.2, -0.15) is 0 Å². The Labute approximate surface area is 145 Å². The Bertz CT molecular complexity index is 876. The van der Waals surface area contributed by atoms with Crippen LogP contribution >= 0.6 is 0 Å². The highest BCUT2D eigenvalue weighted by atomic mass is 19.1. The van der Waals surface area contributed by atoms with Gasteiger partial charge in [0.1, 0.15) is 11.6 Å². The van der Waals surface area contributed by atoms with Crippen molar-refractivity contribution >= 4 is 22.6 Å². The van der Waals surface area contributed by atoms with Crippen molar-refractivity contribution in [3.8, 4) is 5.75 Å². The Hall–Kier alpha value is -3.02. The summed E-state index contributed by atoms with van der Waals surface area (Å²) in [6.07, 6.45) is 2.85. The summed E-state index contributed by atoms with van der Waals surface area (Å²) >= 11 is 0. The fourth-order valence-electron chi connectivity index (χ4n) is 2.72. The van der Waals surface area contributed by atoms with Crippen LogP contribution in [0.1, 0.15) is 6.42 Å². The number of anilines is 1. The van der Waals surface area contributed by atoms with Crippen molar-refractivity contribution in [3.05, 3.63) is 60.5 Å². The van der Waals surface area contributed by atoms with E-state index in [4.69, 9.17) is 4.74 Å². The zero-order valence-corrected chi connectivity index (χ0v) is 14.0. The minimum absolute atomic E-state index is 0.286. The van der Waals surface area contributed by atoms with E-state index in [0.29, 0.717) is 12.2 Å². The van der Waals surface area contributed by atoms with E-state index in [2.05, 4.69) is 33.4 Å². The van der Waals surface area contributed by atoms with Crippen LogP contribution in [-0.4, -0.2) is 24.3 Å². The van der Waals surface area contributed by atoms with Crippen molar-refractivity contribution in [2.45, 2.75) is 13.0 Å². The lowest BCUT2D eigenvalue weighted by molar-refractivity contribution is 0.251. The third kappa shape index (κ3) is 4.09. The summed E-state index contributed by atoms with van der Waals surface area (Å²) < 4.78 is 20.4. The third-order valence-electron chi connectivity index (χ3n) is 3.95. The molecule has 0 bridgehead atoms. The quantitative estimate of drug-likeness (QED) is 0.666. The molecule has 0 unspecified atom stereocenters. The van der Waals surface area contributed by atoms with Gasteiger partial charge in [0.15, 0.2) is 0 Å². The largest absolute Gasteiger partial charge is 0.494 e. The number of methoxy groups -OCH3 is 1. The normalized spacial score (nSPS) is 10.6. The number of ether oxygens (including phenoxy) is 1. The van der Waals surface area contributed by atoms with Gasteiger partial charge in [0.05, 0.1) is 12.8 Å². The van der Waals surface area contributed by atoms with E-state index in [1.807, 2.05) is 18.3 Å². The standard InChI is InChI=1S/C19H20FN3O2/c1-25-18-13-15(20)7-8-16(18)22-19(24)21-10-4-11-23-12-9-14-5-2-3-6-17(14)23/h2-3,5-9,12-13H,4,10-11H2,1H3,(H2,21,22,24). The van der Waals surface area contributed by atoms with Gasteiger partial charge in [-0.15, -0.1) is 0 Å². The molecule has 0 saturated heterocycles. The maximum absolute atomic E-state index is 13.2. The number of para-hydroxylation sites is 1. The molecule has 0 aliphatic heterocycles. The molecule has 0 aliphatic carbocycles. The second-order valence-corrected chi connectivity index (χ2v) is 5.65.